The van der Waals surface area contributed by atoms with E-state index in [2.05, 4.69) is 36.1 Å². The third-order valence-corrected chi connectivity index (χ3v) is 5.06. The smallest absolute Gasteiger partial charge is 0.161 e. The lowest BCUT2D eigenvalue weighted by molar-refractivity contribution is 0.354. The zero-order valence-corrected chi connectivity index (χ0v) is 13.5. The molecule has 1 aromatic rings. The lowest BCUT2D eigenvalue weighted by Gasteiger charge is -2.14. The van der Waals surface area contributed by atoms with Gasteiger partial charge in [0.05, 0.1) is 14.2 Å². The van der Waals surface area contributed by atoms with Gasteiger partial charge in [0.25, 0.3) is 0 Å². The lowest BCUT2D eigenvalue weighted by atomic mass is 10.1. The number of ether oxygens (including phenoxy) is 2. The van der Waals surface area contributed by atoms with Gasteiger partial charge in [0.15, 0.2) is 11.5 Å². The van der Waals surface area contributed by atoms with E-state index in [0.717, 1.165) is 23.3 Å². The first kappa shape index (κ1) is 15.5. The van der Waals surface area contributed by atoms with E-state index in [1.807, 2.05) is 6.07 Å². The number of rotatable bonds is 7. The van der Waals surface area contributed by atoms with E-state index in [9.17, 15) is 0 Å². The molecular weight excluding hydrogens is 270 g/mol. The summed E-state index contributed by atoms with van der Waals surface area (Å²) in [4.78, 5) is 0. The van der Waals surface area contributed by atoms with Crippen LogP contribution in [0.15, 0.2) is 18.2 Å². The minimum absolute atomic E-state index is 0.659. The van der Waals surface area contributed by atoms with E-state index in [1.165, 1.54) is 30.6 Å². The molecule has 1 aliphatic rings. The molecule has 1 aliphatic carbocycles. The molecule has 0 bridgehead atoms. The van der Waals surface area contributed by atoms with Crippen LogP contribution in [-0.4, -0.2) is 31.3 Å². The van der Waals surface area contributed by atoms with E-state index in [1.54, 1.807) is 14.2 Å². The number of thioether (sulfide) groups is 1. The van der Waals surface area contributed by atoms with Gasteiger partial charge >= 0.3 is 0 Å². The van der Waals surface area contributed by atoms with Crippen molar-refractivity contribution in [1.29, 1.82) is 0 Å². The first-order valence-corrected chi connectivity index (χ1v) is 8.37. The first-order chi connectivity index (χ1) is 9.76. The Morgan fingerprint density at radius 2 is 2.00 bits per heavy atom. The Kier molecular flexibility index (Phi) is 6.05. The molecule has 2 unspecified atom stereocenters. The van der Waals surface area contributed by atoms with E-state index >= 15 is 0 Å². The van der Waals surface area contributed by atoms with Crippen molar-refractivity contribution < 1.29 is 9.47 Å². The van der Waals surface area contributed by atoms with Crippen molar-refractivity contribution in [2.75, 3.05) is 20.0 Å². The molecular formula is C16H25NO2S. The van der Waals surface area contributed by atoms with Crippen molar-refractivity contribution in [1.82, 2.24) is 5.32 Å². The predicted molar refractivity (Wildman–Crippen MR) is 85.9 cm³/mol. The van der Waals surface area contributed by atoms with Gasteiger partial charge in [0.1, 0.15) is 0 Å². The number of benzene rings is 1. The summed E-state index contributed by atoms with van der Waals surface area (Å²) < 4.78 is 10.6. The molecule has 2 atom stereocenters. The number of hydrogen-bond donors (Lipinski definition) is 1. The van der Waals surface area contributed by atoms with Gasteiger partial charge in [0.2, 0.25) is 0 Å². The van der Waals surface area contributed by atoms with Crippen LogP contribution in [0, 0.1) is 0 Å². The third kappa shape index (κ3) is 4.06. The monoisotopic (exact) mass is 295 g/mol. The molecule has 4 heteroatoms. The van der Waals surface area contributed by atoms with Gasteiger partial charge in [-0.3, -0.25) is 0 Å². The Bertz CT molecular complexity index is 425. The summed E-state index contributed by atoms with van der Waals surface area (Å²) in [5.41, 5.74) is 1.24. The molecule has 0 radical (unpaired) electrons. The topological polar surface area (TPSA) is 30.5 Å². The second kappa shape index (κ2) is 7.79. The number of nitrogens with one attached hydrogen (secondary N) is 1. The summed E-state index contributed by atoms with van der Waals surface area (Å²) in [5.74, 6) is 2.82. The molecule has 0 amide bonds. The molecule has 2 rings (SSSR count). The predicted octanol–water partition coefficient (Wildman–Crippen LogP) is 3.47. The van der Waals surface area contributed by atoms with Gasteiger partial charge in [-0.15, -0.1) is 0 Å². The molecule has 0 aliphatic heterocycles. The largest absolute Gasteiger partial charge is 0.493 e. The van der Waals surface area contributed by atoms with Gasteiger partial charge in [-0.1, -0.05) is 13.0 Å². The quantitative estimate of drug-likeness (QED) is 0.834. The molecule has 1 aromatic carbocycles. The minimum Gasteiger partial charge on any atom is -0.493 e. The van der Waals surface area contributed by atoms with Gasteiger partial charge in [-0.05, 0) is 42.7 Å². The fourth-order valence-electron chi connectivity index (χ4n) is 2.77. The number of methoxy groups -OCH3 is 2. The maximum Gasteiger partial charge on any atom is 0.161 e. The fourth-order valence-corrected chi connectivity index (χ4v) is 3.91. The average molecular weight is 295 g/mol. The van der Waals surface area contributed by atoms with Crippen molar-refractivity contribution >= 4 is 11.8 Å². The summed E-state index contributed by atoms with van der Waals surface area (Å²) >= 11 is 2.10. The van der Waals surface area contributed by atoms with Crippen molar-refractivity contribution in [3.63, 3.8) is 0 Å². The van der Waals surface area contributed by atoms with Crippen molar-refractivity contribution in [2.45, 2.75) is 44.0 Å². The summed E-state index contributed by atoms with van der Waals surface area (Å²) in [6.45, 7) is 3.14. The molecule has 0 aromatic heterocycles. The van der Waals surface area contributed by atoms with Crippen LogP contribution in [-0.2, 0) is 6.54 Å². The Labute approximate surface area is 126 Å². The van der Waals surface area contributed by atoms with Crippen LogP contribution < -0.4 is 14.8 Å². The highest BCUT2D eigenvalue weighted by Gasteiger charge is 2.23. The van der Waals surface area contributed by atoms with Crippen LogP contribution in [0.1, 0.15) is 31.7 Å². The zero-order chi connectivity index (χ0) is 14.4. The highest BCUT2D eigenvalue weighted by atomic mass is 32.2. The first-order valence-electron chi connectivity index (χ1n) is 7.32. The van der Waals surface area contributed by atoms with Gasteiger partial charge in [-0.25, -0.2) is 0 Å². The summed E-state index contributed by atoms with van der Waals surface area (Å²) in [7, 11) is 3.35. The van der Waals surface area contributed by atoms with Crippen LogP contribution in [0.4, 0.5) is 0 Å². The molecule has 1 saturated carbocycles. The van der Waals surface area contributed by atoms with E-state index in [0.29, 0.717) is 6.04 Å². The standard InChI is InChI=1S/C16H25NO2S/c1-4-20-14-7-6-13(10-14)17-11-12-5-8-15(18-2)16(9-12)19-3/h5,8-9,13-14,17H,4,6-7,10-11H2,1-3H3. The maximum atomic E-state index is 5.34. The van der Waals surface area contributed by atoms with Crippen LogP contribution >= 0.6 is 11.8 Å². The average Bonchev–Trinajstić information content (AvgIpc) is 2.93. The second-order valence-corrected chi connectivity index (χ2v) is 6.73. The highest BCUT2D eigenvalue weighted by Crippen LogP contribution is 2.30. The highest BCUT2D eigenvalue weighted by molar-refractivity contribution is 7.99. The summed E-state index contributed by atoms with van der Waals surface area (Å²) in [6, 6.07) is 6.79. The van der Waals surface area contributed by atoms with Gasteiger partial charge < -0.3 is 14.8 Å². The summed E-state index contributed by atoms with van der Waals surface area (Å²) in [6.07, 6.45) is 3.94. The normalized spacial score (nSPS) is 21.9. The van der Waals surface area contributed by atoms with E-state index in [-0.39, 0.29) is 0 Å². The molecule has 112 valence electrons. The van der Waals surface area contributed by atoms with Crippen LogP contribution in [0.3, 0.4) is 0 Å². The SMILES string of the molecule is CCSC1CCC(NCc2ccc(OC)c(OC)c2)C1. The van der Waals surface area contributed by atoms with Gasteiger partial charge in [-0.2, -0.15) is 11.8 Å². The second-order valence-electron chi connectivity index (χ2n) is 5.16. The van der Waals surface area contributed by atoms with Crippen LogP contribution in [0.25, 0.3) is 0 Å². The Hall–Kier alpha value is -0.870. The Balaban J connectivity index is 1.85. The Morgan fingerprint density at radius 1 is 1.20 bits per heavy atom. The van der Waals surface area contributed by atoms with Crippen molar-refractivity contribution in [3.8, 4) is 11.5 Å². The zero-order valence-electron chi connectivity index (χ0n) is 12.6. The molecule has 3 nitrogen and oxygen atoms in total. The van der Waals surface area contributed by atoms with E-state index < -0.39 is 0 Å². The Morgan fingerprint density at radius 3 is 2.70 bits per heavy atom. The third-order valence-electron chi connectivity index (χ3n) is 3.83. The molecule has 0 saturated heterocycles. The molecule has 1 N–H and O–H groups in total. The van der Waals surface area contributed by atoms with Crippen LogP contribution in [0.5, 0.6) is 11.5 Å². The summed E-state index contributed by atoms with van der Waals surface area (Å²) in [5, 5.41) is 4.52. The minimum atomic E-state index is 0.659. The maximum absolute atomic E-state index is 5.34. The fraction of sp³-hybridized carbons (Fsp3) is 0.625. The van der Waals surface area contributed by atoms with Crippen molar-refractivity contribution in [3.05, 3.63) is 23.8 Å². The lowest BCUT2D eigenvalue weighted by Crippen LogP contribution is -2.26. The van der Waals surface area contributed by atoms with Crippen molar-refractivity contribution in [2.24, 2.45) is 0 Å². The van der Waals surface area contributed by atoms with Crippen LogP contribution in [0.2, 0.25) is 0 Å². The molecule has 0 heterocycles. The molecule has 0 spiro atoms. The van der Waals surface area contributed by atoms with Gasteiger partial charge in [0, 0.05) is 17.8 Å². The molecule has 1 fully saturated rings. The molecule has 20 heavy (non-hydrogen) atoms. The number of hydrogen-bond acceptors (Lipinski definition) is 4. The van der Waals surface area contributed by atoms with E-state index in [4.69, 9.17) is 9.47 Å².